The van der Waals surface area contributed by atoms with Gasteiger partial charge in [-0.2, -0.15) is 39.5 Å². The van der Waals surface area contributed by atoms with Crippen LogP contribution in [0.25, 0.3) is 11.3 Å². The molecule has 2 aliphatic rings. The average Bonchev–Trinajstić information content (AvgIpc) is 3.63. The Morgan fingerprint density at radius 1 is 0.855 bits per heavy atom. The summed E-state index contributed by atoms with van der Waals surface area (Å²) in [6.45, 7) is 2.69. The van der Waals surface area contributed by atoms with Gasteiger partial charge in [-0.15, -0.1) is 0 Å². The molecule has 1 aliphatic carbocycles. The molecule has 2 aromatic carbocycles. The van der Waals surface area contributed by atoms with Gasteiger partial charge in [-0.1, -0.05) is 49.2 Å². The predicted molar refractivity (Wildman–Crippen MR) is 197 cm³/mol. The number of nitrogens with one attached hydrogen (secondary N) is 2. The Kier molecular flexibility index (Phi) is 19.2. The maximum atomic E-state index is 14.2. The minimum Gasteiger partial charge on any atom is -0.478 e. The smallest absolute Gasteiger partial charge is 0.478 e. The Labute approximate surface area is 345 Å². The van der Waals surface area contributed by atoms with Crippen LogP contribution in [0.5, 0.6) is 0 Å². The van der Waals surface area contributed by atoms with Gasteiger partial charge in [0.15, 0.2) is 5.69 Å². The van der Waals surface area contributed by atoms with E-state index in [1.165, 1.54) is 0 Å². The molecule has 0 radical (unpaired) electrons. The van der Waals surface area contributed by atoms with Gasteiger partial charge in [-0.3, -0.25) is 4.79 Å². The van der Waals surface area contributed by atoms with Crippen molar-refractivity contribution < 1.29 is 93.8 Å². The van der Waals surface area contributed by atoms with Crippen molar-refractivity contribution in [3.63, 3.8) is 0 Å². The van der Waals surface area contributed by atoms with E-state index in [1.54, 1.807) is 31.6 Å². The Bertz CT molecular complexity index is 1900. The van der Waals surface area contributed by atoms with E-state index in [2.05, 4.69) is 15.6 Å². The first-order chi connectivity index (χ1) is 28.7. The van der Waals surface area contributed by atoms with Gasteiger partial charge in [0, 0.05) is 50.6 Å². The standard InChI is InChI=1S/C31H39N5O5.3C2HF3O2/c1-41-20-31(40)14-6-5-12-26(31)36-21-34-27(28(36)22-8-3-2-4-9-22)29(37)35-17-16-32-19-25(35)13-15-33-24-11-7-10-23(18-24)30(38)39;3*3-2(4,5)1(6)7/h2-4,7-11,18,21,25-26,32-33,40H,5-6,12-17,19-20H2,1H3,(H,38,39);3*(H,6,7)/t25-,26-,31-;;;/m1.../s1. The van der Waals surface area contributed by atoms with Crippen LogP contribution in [0.4, 0.5) is 45.2 Å². The summed E-state index contributed by atoms with van der Waals surface area (Å²) in [5.41, 5.74) is 1.90. The maximum absolute atomic E-state index is 14.2. The number of amides is 1. The van der Waals surface area contributed by atoms with Gasteiger partial charge in [0.25, 0.3) is 5.91 Å². The Morgan fingerprint density at radius 2 is 1.42 bits per heavy atom. The summed E-state index contributed by atoms with van der Waals surface area (Å²) in [6.07, 6.45) is -9.56. The number of halogens is 9. The van der Waals surface area contributed by atoms with E-state index in [1.807, 2.05) is 45.9 Å². The molecule has 2 fully saturated rings. The monoisotopic (exact) mass is 903 g/mol. The van der Waals surface area contributed by atoms with Crippen molar-refractivity contribution in [2.75, 3.05) is 45.2 Å². The van der Waals surface area contributed by atoms with E-state index in [0.717, 1.165) is 36.2 Å². The van der Waals surface area contributed by atoms with E-state index < -0.39 is 48.0 Å². The fraction of sp³-hybridized carbons (Fsp3) is 0.459. The van der Waals surface area contributed by atoms with Gasteiger partial charge in [-0.05, 0) is 37.5 Å². The van der Waals surface area contributed by atoms with Crippen molar-refractivity contribution in [2.45, 2.75) is 68.3 Å². The number of hydrogen-bond donors (Lipinski definition) is 7. The molecule has 1 aromatic heterocycles. The van der Waals surface area contributed by atoms with E-state index in [-0.39, 0.29) is 30.2 Å². The van der Waals surface area contributed by atoms with Crippen molar-refractivity contribution in [1.82, 2.24) is 19.8 Å². The molecule has 1 aliphatic heterocycles. The lowest BCUT2D eigenvalue weighted by Gasteiger charge is -2.41. The van der Waals surface area contributed by atoms with Gasteiger partial charge in [-0.25, -0.2) is 24.2 Å². The summed E-state index contributed by atoms with van der Waals surface area (Å²) in [7, 11) is 1.60. The van der Waals surface area contributed by atoms with Crippen LogP contribution in [0, 0.1) is 0 Å². The van der Waals surface area contributed by atoms with Crippen LogP contribution < -0.4 is 10.6 Å². The maximum Gasteiger partial charge on any atom is 0.490 e. The Balaban J connectivity index is 0.000000519. The van der Waals surface area contributed by atoms with E-state index in [0.29, 0.717) is 44.7 Å². The number of rotatable bonds is 10. The second-order valence-electron chi connectivity index (χ2n) is 13.4. The number of imidazole rings is 1. The van der Waals surface area contributed by atoms with Crippen LogP contribution in [0.1, 0.15) is 59.0 Å². The lowest BCUT2D eigenvalue weighted by molar-refractivity contribution is -0.193. The van der Waals surface area contributed by atoms with Crippen molar-refractivity contribution >= 4 is 35.5 Å². The molecular weight excluding hydrogens is 861 g/mol. The summed E-state index contributed by atoms with van der Waals surface area (Å²) in [5, 5.41) is 49.0. The number of carboxylic acids is 4. The average molecular weight is 904 g/mol. The number of piperazine rings is 1. The number of carbonyl (C=O) groups is 5. The molecule has 7 N–H and O–H groups in total. The molecule has 0 spiro atoms. The molecule has 344 valence electrons. The number of benzene rings is 2. The number of alkyl halides is 9. The predicted octanol–water partition coefficient (Wildman–Crippen LogP) is 5.56. The lowest BCUT2D eigenvalue weighted by atomic mass is 9.80. The molecule has 16 nitrogen and oxygen atoms in total. The molecule has 62 heavy (non-hydrogen) atoms. The van der Waals surface area contributed by atoms with E-state index in [9.17, 15) is 59.3 Å². The number of carbonyl (C=O) groups excluding carboxylic acids is 1. The molecule has 2 heterocycles. The van der Waals surface area contributed by atoms with Crippen molar-refractivity contribution in [3.05, 3.63) is 72.2 Å². The van der Waals surface area contributed by atoms with Gasteiger partial charge < -0.3 is 50.4 Å². The molecular formula is C37H42F9N5O11. The fourth-order valence-corrected chi connectivity index (χ4v) is 6.22. The molecule has 1 amide bonds. The highest BCUT2D eigenvalue weighted by molar-refractivity contribution is 5.98. The zero-order chi connectivity index (χ0) is 47.1. The Hall–Kier alpha value is -5.95. The molecule has 1 saturated carbocycles. The summed E-state index contributed by atoms with van der Waals surface area (Å²) < 4.78 is 103. The van der Waals surface area contributed by atoms with Crippen molar-refractivity contribution in [1.29, 1.82) is 0 Å². The minimum absolute atomic E-state index is 0.0692. The number of methoxy groups -OCH3 is 1. The zero-order valence-electron chi connectivity index (χ0n) is 32.4. The number of anilines is 1. The van der Waals surface area contributed by atoms with Crippen LogP contribution >= 0.6 is 0 Å². The molecule has 3 aromatic rings. The van der Waals surface area contributed by atoms with Crippen LogP contribution in [-0.2, 0) is 19.1 Å². The number of aromatic carboxylic acids is 1. The minimum atomic E-state index is -5.08. The molecule has 0 unspecified atom stereocenters. The lowest BCUT2D eigenvalue weighted by Crippen LogP contribution is -2.54. The third-order valence-corrected chi connectivity index (χ3v) is 8.99. The topological polar surface area (TPSA) is 241 Å². The molecule has 0 bridgehead atoms. The third-order valence-electron chi connectivity index (χ3n) is 8.99. The number of aliphatic hydroxyl groups is 1. The molecule has 25 heteroatoms. The number of aliphatic carboxylic acids is 3. The molecule has 1 saturated heterocycles. The summed E-state index contributed by atoms with van der Waals surface area (Å²) in [4.78, 5) is 58.8. The largest absolute Gasteiger partial charge is 0.490 e. The Morgan fingerprint density at radius 3 is 1.94 bits per heavy atom. The first kappa shape index (κ1) is 52.2. The molecule has 5 rings (SSSR count). The fourth-order valence-electron chi connectivity index (χ4n) is 6.22. The quantitative estimate of drug-likeness (QED) is 0.123. The summed E-state index contributed by atoms with van der Waals surface area (Å²) in [5.74, 6) is -9.37. The van der Waals surface area contributed by atoms with Crippen molar-refractivity contribution in [2.24, 2.45) is 0 Å². The summed E-state index contributed by atoms with van der Waals surface area (Å²) >= 11 is 0. The number of nitrogens with zero attached hydrogens (tertiary/aromatic N) is 3. The first-order valence-electron chi connectivity index (χ1n) is 18.1. The second-order valence-corrected chi connectivity index (χ2v) is 13.4. The molecule has 3 atom stereocenters. The van der Waals surface area contributed by atoms with Gasteiger partial charge in [0.2, 0.25) is 0 Å². The summed E-state index contributed by atoms with van der Waals surface area (Å²) in [6, 6.07) is 16.2. The van der Waals surface area contributed by atoms with Crippen LogP contribution in [0.15, 0.2) is 60.9 Å². The van der Waals surface area contributed by atoms with Gasteiger partial charge in [0.05, 0.1) is 30.2 Å². The number of ether oxygens (including phenoxy) is 1. The van der Waals surface area contributed by atoms with Crippen molar-refractivity contribution in [3.8, 4) is 11.3 Å². The second kappa shape index (κ2) is 22.8. The SMILES string of the molecule is COC[C@]1(O)CCCC[C@H]1n1cnc(C(=O)N2CCNC[C@H]2CCNc2cccc(C(=O)O)c2)c1-c1ccccc1.O=C(O)C(F)(F)F.O=C(O)C(F)(F)F.O=C(O)C(F)(F)F. The normalized spacial score (nSPS) is 18.9. The first-order valence-corrected chi connectivity index (χ1v) is 18.1. The number of aromatic nitrogens is 2. The van der Waals surface area contributed by atoms with E-state index >= 15 is 0 Å². The third kappa shape index (κ3) is 15.8. The zero-order valence-corrected chi connectivity index (χ0v) is 32.4. The highest BCUT2D eigenvalue weighted by Gasteiger charge is 2.43. The number of hydrogen-bond acceptors (Lipinski definition) is 10. The van der Waals surface area contributed by atoms with Crippen LogP contribution in [0.3, 0.4) is 0 Å². The van der Waals surface area contributed by atoms with Crippen LogP contribution in [-0.4, -0.2) is 140 Å². The van der Waals surface area contributed by atoms with Gasteiger partial charge >= 0.3 is 42.4 Å². The highest BCUT2D eigenvalue weighted by atomic mass is 19.4. The van der Waals surface area contributed by atoms with Crippen LogP contribution in [0.2, 0.25) is 0 Å². The van der Waals surface area contributed by atoms with E-state index in [4.69, 9.17) is 34.4 Å². The number of carboxylic acid groups (broad SMARTS) is 4. The highest BCUT2D eigenvalue weighted by Crippen LogP contribution is 2.41. The van der Waals surface area contributed by atoms with Gasteiger partial charge in [0.1, 0.15) is 5.60 Å².